The van der Waals surface area contributed by atoms with Gasteiger partial charge in [0.25, 0.3) is 0 Å². The van der Waals surface area contributed by atoms with Gasteiger partial charge in [0.05, 0.1) is 19.0 Å². The normalized spacial score (nSPS) is 12.7. The van der Waals surface area contributed by atoms with Crippen LogP contribution in [0.5, 0.6) is 0 Å². The lowest BCUT2D eigenvalue weighted by Crippen LogP contribution is -2.38. The molecular formula is C18H33NO3SSi. The molecule has 0 spiro atoms. The van der Waals surface area contributed by atoms with E-state index < -0.39 is 18.1 Å². The molecule has 1 aromatic carbocycles. The van der Waals surface area contributed by atoms with Crippen molar-refractivity contribution in [3.8, 4) is 0 Å². The highest BCUT2D eigenvalue weighted by molar-refractivity contribution is 7.89. The molecule has 0 radical (unpaired) electrons. The zero-order valence-electron chi connectivity index (χ0n) is 15.6. The van der Waals surface area contributed by atoms with Crippen LogP contribution in [-0.2, 0) is 21.4 Å². The van der Waals surface area contributed by atoms with Gasteiger partial charge in [-0.05, 0) is 18.0 Å². The Labute approximate surface area is 149 Å². The molecule has 1 rings (SSSR count). The fourth-order valence-corrected chi connectivity index (χ4v) is 6.72. The summed E-state index contributed by atoms with van der Waals surface area (Å²) >= 11 is 0. The van der Waals surface area contributed by atoms with Crippen molar-refractivity contribution in [2.45, 2.75) is 52.1 Å². The van der Waals surface area contributed by atoms with Crippen molar-refractivity contribution in [1.82, 2.24) is 4.31 Å². The van der Waals surface area contributed by atoms with Crippen molar-refractivity contribution < 1.29 is 13.2 Å². The molecule has 0 atom stereocenters. The van der Waals surface area contributed by atoms with Crippen molar-refractivity contribution in [2.75, 3.05) is 25.4 Å². The van der Waals surface area contributed by atoms with Crippen molar-refractivity contribution in [1.29, 1.82) is 0 Å². The summed E-state index contributed by atoms with van der Waals surface area (Å²) in [5.74, 6) is 0.269. The van der Waals surface area contributed by atoms with E-state index in [4.69, 9.17) is 4.74 Å². The predicted octanol–water partition coefficient (Wildman–Crippen LogP) is 3.97. The first-order chi connectivity index (χ1) is 11.2. The molecule has 1 aromatic rings. The Hall–Kier alpha value is -0.693. The predicted molar refractivity (Wildman–Crippen MR) is 105 cm³/mol. The van der Waals surface area contributed by atoms with Crippen molar-refractivity contribution >= 4 is 18.1 Å². The molecule has 0 aliphatic rings. The van der Waals surface area contributed by atoms with Crippen LogP contribution in [0.1, 0.15) is 25.3 Å². The largest absolute Gasteiger partial charge is 0.375 e. The lowest BCUT2D eigenvalue weighted by atomic mass is 10.2. The molecule has 0 amide bonds. The van der Waals surface area contributed by atoms with Crippen LogP contribution in [0, 0.1) is 0 Å². The Morgan fingerprint density at radius 2 is 1.75 bits per heavy atom. The fraction of sp³-hybridized carbons (Fsp3) is 0.667. The maximum Gasteiger partial charge on any atom is 0.213 e. The van der Waals surface area contributed by atoms with Gasteiger partial charge in [-0.1, -0.05) is 63.3 Å². The topological polar surface area (TPSA) is 46.6 Å². The number of hydrogen-bond acceptors (Lipinski definition) is 3. The highest BCUT2D eigenvalue weighted by atomic mass is 32.2. The standard InChI is InChI=1S/C18H33NO3SSi/c1-5-6-12-19(23(20,21)15-16-24(2,3)4)13-14-22-17-18-10-8-7-9-11-18/h7-11H,5-6,12-17H2,1-4H3. The minimum Gasteiger partial charge on any atom is -0.375 e. The zero-order valence-corrected chi connectivity index (χ0v) is 17.4. The van der Waals surface area contributed by atoms with Gasteiger partial charge in [-0.25, -0.2) is 8.42 Å². The Morgan fingerprint density at radius 3 is 2.33 bits per heavy atom. The first kappa shape index (κ1) is 21.3. The summed E-state index contributed by atoms with van der Waals surface area (Å²) in [6.07, 6.45) is 1.88. The molecule has 0 heterocycles. The molecule has 4 nitrogen and oxygen atoms in total. The Balaban J connectivity index is 2.51. The van der Waals surface area contributed by atoms with Gasteiger partial charge in [0.1, 0.15) is 0 Å². The summed E-state index contributed by atoms with van der Waals surface area (Å²) in [5, 5.41) is 0. The first-order valence-corrected chi connectivity index (χ1v) is 14.2. The number of unbranched alkanes of at least 4 members (excludes halogenated alkanes) is 1. The van der Waals surface area contributed by atoms with Gasteiger partial charge in [-0.2, -0.15) is 4.31 Å². The van der Waals surface area contributed by atoms with E-state index in [1.807, 2.05) is 30.3 Å². The molecule has 0 fully saturated rings. The maximum atomic E-state index is 12.6. The lowest BCUT2D eigenvalue weighted by molar-refractivity contribution is 0.110. The molecule has 0 saturated heterocycles. The second-order valence-electron chi connectivity index (χ2n) is 7.42. The molecule has 0 N–H and O–H groups in total. The van der Waals surface area contributed by atoms with Gasteiger partial charge >= 0.3 is 0 Å². The molecule has 0 saturated carbocycles. The number of ether oxygens (including phenoxy) is 1. The van der Waals surface area contributed by atoms with E-state index in [1.165, 1.54) is 0 Å². The minimum atomic E-state index is -3.18. The summed E-state index contributed by atoms with van der Waals surface area (Å²) in [6.45, 7) is 10.7. The van der Waals surface area contributed by atoms with Gasteiger partial charge < -0.3 is 4.74 Å². The molecule has 0 aliphatic heterocycles. The molecule has 24 heavy (non-hydrogen) atoms. The molecule has 0 bridgehead atoms. The van der Waals surface area contributed by atoms with Gasteiger partial charge in [-0.15, -0.1) is 0 Å². The van der Waals surface area contributed by atoms with E-state index in [9.17, 15) is 8.42 Å². The quantitative estimate of drug-likeness (QED) is 0.412. The minimum absolute atomic E-state index is 0.269. The molecule has 0 unspecified atom stereocenters. The molecule has 6 heteroatoms. The number of benzene rings is 1. The summed E-state index contributed by atoms with van der Waals surface area (Å²) in [7, 11) is -4.55. The average molecular weight is 372 g/mol. The Morgan fingerprint density at radius 1 is 1.08 bits per heavy atom. The molecular weight excluding hydrogens is 338 g/mol. The Bertz CT molecular complexity index is 555. The zero-order chi connectivity index (χ0) is 18.1. The fourth-order valence-electron chi connectivity index (χ4n) is 2.22. The third-order valence-electron chi connectivity index (χ3n) is 3.86. The van der Waals surface area contributed by atoms with Crippen LogP contribution in [0.4, 0.5) is 0 Å². The monoisotopic (exact) mass is 371 g/mol. The Kier molecular flexibility index (Phi) is 9.19. The van der Waals surface area contributed by atoms with Crippen LogP contribution >= 0.6 is 0 Å². The number of sulfonamides is 1. The van der Waals surface area contributed by atoms with Gasteiger partial charge in [0.15, 0.2) is 0 Å². The van der Waals surface area contributed by atoms with Gasteiger partial charge in [-0.3, -0.25) is 0 Å². The second-order valence-corrected chi connectivity index (χ2v) is 15.1. The van der Waals surface area contributed by atoms with Crippen LogP contribution in [0.25, 0.3) is 0 Å². The summed E-state index contributed by atoms with van der Waals surface area (Å²) < 4.78 is 32.6. The number of rotatable bonds is 12. The summed E-state index contributed by atoms with van der Waals surface area (Å²) in [6, 6.07) is 10.8. The van der Waals surface area contributed by atoms with Crippen molar-refractivity contribution in [2.24, 2.45) is 0 Å². The third kappa shape index (κ3) is 8.96. The van der Waals surface area contributed by atoms with E-state index in [-0.39, 0.29) is 5.75 Å². The van der Waals surface area contributed by atoms with Gasteiger partial charge in [0, 0.05) is 21.2 Å². The number of nitrogens with zero attached hydrogens (tertiary/aromatic N) is 1. The average Bonchev–Trinajstić information content (AvgIpc) is 2.52. The second kappa shape index (κ2) is 10.3. The van der Waals surface area contributed by atoms with Crippen LogP contribution < -0.4 is 0 Å². The van der Waals surface area contributed by atoms with E-state index in [1.54, 1.807) is 4.31 Å². The summed E-state index contributed by atoms with van der Waals surface area (Å²) in [5.41, 5.74) is 1.11. The van der Waals surface area contributed by atoms with E-state index in [0.29, 0.717) is 26.3 Å². The van der Waals surface area contributed by atoms with Crippen LogP contribution in [-0.4, -0.2) is 46.2 Å². The van der Waals surface area contributed by atoms with Crippen LogP contribution in [0.3, 0.4) is 0 Å². The highest BCUT2D eigenvalue weighted by Gasteiger charge is 2.24. The molecule has 0 aromatic heterocycles. The molecule has 0 aliphatic carbocycles. The van der Waals surface area contributed by atoms with Crippen molar-refractivity contribution in [3.05, 3.63) is 35.9 Å². The number of hydrogen-bond donors (Lipinski definition) is 0. The van der Waals surface area contributed by atoms with Gasteiger partial charge in [0.2, 0.25) is 10.0 Å². The third-order valence-corrected chi connectivity index (χ3v) is 7.85. The van der Waals surface area contributed by atoms with Crippen LogP contribution in [0.2, 0.25) is 25.7 Å². The molecule has 138 valence electrons. The first-order valence-electron chi connectivity index (χ1n) is 8.84. The lowest BCUT2D eigenvalue weighted by Gasteiger charge is -2.24. The smallest absolute Gasteiger partial charge is 0.213 e. The highest BCUT2D eigenvalue weighted by Crippen LogP contribution is 2.13. The van der Waals surface area contributed by atoms with Crippen molar-refractivity contribution in [3.63, 3.8) is 0 Å². The summed E-state index contributed by atoms with van der Waals surface area (Å²) in [4.78, 5) is 0. The van der Waals surface area contributed by atoms with E-state index in [0.717, 1.165) is 24.4 Å². The SMILES string of the molecule is CCCCN(CCOCc1ccccc1)S(=O)(=O)CC[Si](C)(C)C. The van der Waals surface area contributed by atoms with Crippen LogP contribution in [0.15, 0.2) is 30.3 Å². The van der Waals surface area contributed by atoms with E-state index in [2.05, 4.69) is 26.6 Å². The van der Waals surface area contributed by atoms with E-state index >= 15 is 0 Å². The maximum absolute atomic E-state index is 12.6.